The molecular weight excluding hydrogens is 386 g/mol. The standard InChI is InChI=1S/C21H25N5O4/c1-13-5-3-7-26-18(13)24-19-16(21(26)28)11-15(17(22)25(19)8-10-29-2)20(27)23-12-14-6-4-9-30-14/h3,5,7,11,14,22H,4,6,8-10,12H2,1-2H3,(H,23,27)/p+1/t14-/m0/s1. The maximum Gasteiger partial charge on any atom is 0.278 e. The van der Waals surface area contributed by atoms with Crippen LogP contribution in [0.15, 0.2) is 29.2 Å². The van der Waals surface area contributed by atoms with E-state index in [9.17, 15) is 9.59 Å². The molecule has 158 valence electrons. The van der Waals surface area contributed by atoms with E-state index in [4.69, 9.17) is 20.2 Å². The Kier molecular flexibility index (Phi) is 5.65. The summed E-state index contributed by atoms with van der Waals surface area (Å²) in [5, 5.41) is 3.20. The summed E-state index contributed by atoms with van der Waals surface area (Å²) in [5.41, 5.74) is 8.21. The van der Waals surface area contributed by atoms with Gasteiger partial charge in [0.25, 0.3) is 17.1 Å². The molecule has 1 amide bonds. The van der Waals surface area contributed by atoms with Gasteiger partial charge in [0.1, 0.15) is 10.9 Å². The van der Waals surface area contributed by atoms with Crippen molar-refractivity contribution in [2.45, 2.75) is 32.4 Å². The number of pyridine rings is 2. The van der Waals surface area contributed by atoms with Gasteiger partial charge in [-0.3, -0.25) is 14.0 Å². The minimum atomic E-state index is -0.343. The zero-order valence-electron chi connectivity index (χ0n) is 17.2. The summed E-state index contributed by atoms with van der Waals surface area (Å²) in [7, 11) is 1.58. The van der Waals surface area contributed by atoms with Gasteiger partial charge in [-0.05, 0) is 31.9 Å². The highest BCUT2D eigenvalue weighted by Crippen LogP contribution is 2.16. The Bertz CT molecular complexity index is 1170. The summed E-state index contributed by atoms with van der Waals surface area (Å²) < 4.78 is 13.9. The molecule has 0 radical (unpaired) electrons. The van der Waals surface area contributed by atoms with Crippen molar-refractivity contribution in [3.8, 4) is 0 Å². The number of fused-ring (bicyclic) bond motifs is 2. The number of rotatable bonds is 6. The number of anilines is 1. The van der Waals surface area contributed by atoms with Crippen LogP contribution in [0.25, 0.3) is 16.7 Å². The van der Waals surface area contributed by atoms with Crippen molar-refractivity contribution in [3.63, 3.8) is 0 Å². The van der Waals surface area contributed by atoms with Crippen molar-refractivity contribution in [3.05, 3.63) is 45.9 Å². The maximum atomic E-state index is 13.2. The lowest BCUT2D eigenvalue weighted by atomic mass is 10.1. The molecule has 0 aromatic carbocycles. The minimum Gasteiger partial charge on any atom is -0.381 e. The molecule has 0 spiro atoms. The predicted molar refractivity (Wildman–Crippen MR) is 111 cm³/mol. The number of ether oxygens (including phenoxy) is 2. The summed E-state index contributed by atoms with van der Waals surface area (Å²) in [5.74, 6) is -0.0981. The number of nitrogens with zero attached hydrogens (tertiary/aromatic N) is 3. The van der Waals surface area contributed by atoms with Crippen LogP contribution in [-0.2, 0) is 16.0 Å². The lowest BCUT2D eigenvalue weighted by Gasteiger charge is -2.14. The van der Waals surface area contributed by atoms with Crippen LogP contribution >= 0.6 is 0 Å². The van der Waals surface area contributed by atoms with Crippen LogP contribution in [0.1, 0.15) is 28.8 Å². The van der Waals surface area contributed by atoms with E-state index in [2.05, 4.69) is 5.32 Å². The largest absolute Gasteiger partial charge is 0.381 e. The third kappa shape index (κ3) is 3.61. The molecular formula is C21H26N5O4+. The van der Waals surface area contributed by atoms with Gasteiger partial charge in [-0.1, -0.05) is 11.1 Å². The van der Waals surface area contributed by atoms with Crippen molar-refractivity contribution in [1.29, 1.82) is 0 Å². The minimum absolute atomic E-state index is 0.00968. The molecule has 0 unspecified atom stereocenters. The predicted octanol–water partition coefficient (Wildman–Crippen LogP) is 0.581. The van der Waals surface area contributed by atoms with Gasteiger partial charge in [0.05, 0.1) is 19.3 Å². The smallest absolute Gasteiger partial charge is 0.278 e. The van der Waals surface area contributed by atoms with Gasteiger partial charge in [-0.15, -0.1) is 0 Å². The van der Waals surface area contributed by atoms with E-state index in [1.165, 1.54) is 10.5 Å². The summed E-state index contributed by atoms with van der Waals surface area (Å²) >= 11 is 0. The second kappa shape index (κ2) is 8.37. The van der Waals surface area contributed by atoms with E-state index < -0.39 is 0 Å². The van der Waals surface area contributed by atoms with Crippen molar-refractivity contribution in [2.24, 2.45) is 0 Å². The fraction of sp³-hybridized carbons (Fsp3) is 0.429. The Labute approximate surface area is 173 Å². The number of hydrogen-bond acceptors (Lipinski definition) is 6. The number of methoxy groups -OCH3 is 1. The first-order valence-electron chi connectivity index (χ1n) is 10.0. The SMILES string of the molecule is COCC[n+]1c(N)c(C(=O)NC[C@@H]2CCCO2)cc2c(=O)n3cccc(C)c3nc21. The molecule has 1 fully saturated rings. The number of hydrogen-bond donors (Lipinski definition) is 2. The van der Waals surface area contributed by atoms with Gasteiger partial charge in [0.2, 0.25) is 11.5 Å². The van der Waals surface area contributed by atoms with Crippen molar-refractivity contribution in [1.82, 2.24) is 14.7 Å². The highest BCUT2D eigenvalue weighted by Gasteiger charge is 2.25. The quantitative estimate of drug-likeness (QED) is 0.453. The maximum absolute atomic E-state index is 13.2. The first-order valence-corrected chi connectivity index (χ1v) is 10.0. The third-order valence-electron chi connectivity index (χ3n) is 5.45. The molecule has 0 bridgehead atoms. The molecule has 4 heterocycles. The second-order valence-electron chi connectivity index (χ2n) is 7.47. The number of carbonyl (C=O) groups is 1. The van der Waals surface area contributed by atoms with Crippen molar-refractivity contribution in [2.75, 3.05) is 32.6 Å². The molecule has 9 heteroatoms. The molecule has 1 atom stereocenters. The van der Waals surface area contributed by atoms with Gasteiger partial charge in [0, 0.05) is 32.0 Å². The van der Waals surface area contributed by atoms with Crippen LogP contribution in [0.3, 0.4) is 0 Å². The molecule has 1 saturated heterocycles. The average molecular weight is 412 g/mol. The summed E-state index contributed by atoms with van der Waals surface area (Å²) in [6, 6.07) is 5.22. The Balaban J connectivity index is 1.85. The molecule has 0 saturated carbocycles. The normalized spacial score (nSPS) is 16.4. The van der Waals surface area contributed by atoms with E-state index in [-0.39, 0.29) is 29.0 Å². The van der Waals surface area contributed by atoms with E-state index >= 15 is 0 Å². The Hall–Kier alpha value is -3.04. The number of aromatic nitrogens is 3. The van der Waals surface area contributed by atoms with Crippen LogP contribution in [0, 0.1) is 6.92 Å². The van der Waals surface area contributed by atoms with Crippen molar-refractivity contribution < 1.29 is 18.8 Å². The van der Waals surface area contributed by atoms with Gasteiger partial charge >= 0.3 is 0 Å². The van der Waals surface area contributed by atoms with Crippen LogP contribution in [-0.4, -0.2) is 48.3 Å². The highest BCUT2D eigenvalue weighted by molar-refractivity contribution is 6.00. The molecule has 9 nitrogen and oxygen atoms in total. The Morgan fingerprint density at radius 1 is 1.50 bits per heavy atom. The highest BCUT2D eigenvalue weighted by atomic mass is 16.5. The monoisotopic (exact) mass is 412 g/mol. The van der Waals surface area contributed by atoms with Gasteiger partial charge in [-0.2, -0.15) is 0 Å². The topological polar surface area (TPSA) is 112 Å². The molecule has 30 heavy (non-hydrogen) atoms. The molecule has 1 aliphatic heterocycles. The summed E-state index contributed by atoms with van der Waals surface area (Å²) in [6.07, 6.45) is 3.59. The lowest BCUT2D eigenvalue weighted by molar-refractivity contribution is -0.660. The van der Waals surface area contributed by atoms with E-state index in [0.29, 0.717) is 43.0 Å². The second-order valence-corrected chi connectivity index (χ2v) is 7.47. The van der Waals surface area contributed by atoms with Crippen LogP contribution < -0.4 is 21.2 Å². The fourth-order valence-corrected chi connectivity index (χ4v) is 3.81. The molecule has 3 aromatic rings. The first-order chi connectivity index (χ1) is 14.5. The van der Waals surface area contributed by atoms with E-state index in [1.54, 1.807) is 23.9 Å². The molecule has 3 aromatic heterocycles. The van der Waals surface area contributed by atoms with Gasteiger partial charge in [0.15, 0.2) is 0 Å². The van der Waals surface area contributed by atoms with Crippen LogP contribution in [0.2, 0.25) is 0 Å². The van der Waals surface area contributed by atoms with Crippen LogP contribution in [0.4, 0.5) is 5.82 Å². The number of carbonyl (C=O) groups excluding carboxylic acids is 1. The number of nitrogens with two attached hydrogens (primary N) is 1. The Morgan fingerprint density at radius 3 is 3.07 bits per heavy atom. The Morgan fingerprint density at radius 2 is 2.33 bits per heavy atom. The zero-order valence-corrected chi connectivity index (χ0v) is 17.2. The van der Waals surface area contributed by atoms with Gasteiger partial charge < -0.3 is 20.5 Å². The van der Waals surface area contributed by atoms with Crippen LogP contribution in [0.5, 0.6) is 0 Å². The van der Waals surface area contributed by atoms with Gasteiger partial charge in [-0.25, -0.2) is 4.57 Å². The summed E-state index contributed by atoms with van der Waals surface area (Å²) in [6.45, 7) is 3.73. The number of nitrogens with one attached hydrogen (secondary N) is 1. The lowest BCUT2D eigenvalue weighted by Crippen LogP contribution is -2.44. The number of aryl methyl sites for hydroxylation is 1. The number of nitrogen functional groups attached to an aromatic ring is 1. The third-order valence-corrected chi connectivity index (χ3v) is 5.45. The first kappa shape index (κ1) is 20.2. The fourth-order valence-electron chi connectivity index (χ4n) is 3.81. The van der Waals surface area contributed by atoms with Crippen molar-refractivity contribution >= 4 is 28.4 Å². The molecule has 3 N–H and O–H groups in total. The van der Waals surface area contributed by atoms with E-state index in [0.717, 1.165) is 18.4 Å². The molecule has 4 rings (SSSR count). The average Bonchev–Trinajstić information content (AvgIpc) is 3.26. The zero-order chi connectivity index (χ0) is 21.3. The molecule has 1 aliphatic rings. The van der Waals surface area contributed by atoms with E-state index in [1.807, 2.05) is 13.0 Å². The summed E-state index contributed by atoms with van der Waals surface area (Å²) in [4.78, 5) is 30.8. The molecule has 0 aliphatic carbocycles. The number of amides is 1.